The Labute approximate surface area is 176 Å². The largest absolute Gasteiger partial charge is 0.469 e. The molecule has 0 bridgehead atoms. The summed E-state index contributed by atoms with van der Waals surface area (Å²) in [7, 11) is -2.05. The number of ether oxygens (including phenoxy) is 1. The lowest BCUT2D eigenvalue weighted by molar-refractivity contribution is 0.203. The fourth-order valence-corrected chi connectivity index (χ4v) is 2.68. The van der Waals surface area contributed by atoms with Crippen LogP contribution in [0.25, 0.3) is 0 Å². The molecule has 0 unspecified atom stereocenters. The van der Waals surface area contributed by atoms with E-state index >= 15 is 0 Å². The van der Waals surface area contributed by atoms with E-state index in [1.807, 2.05) is 12.1 Å². The summed E-state index contributed by atoms with van der Waals surface area (Å²) in [4.78, 5) is 4.59. The van der Waals surface area contributed by atoms with E-state index in [2.05, 4.69) is 15.6 Å². The van der Waals surface area contributed by atoms with Gasteiger partial charge in [0.2, 0.25) is 10.0 Å². The van der Waals surface area contributed by atoms with E-state index in [9.17, 15) is 8.42 Å². The van der Waals surface area contributed by atoms with E-state index in [4.69, 9.17) is 14.3 Å². The van der Waals surface area contributed by atoms with E-state index in [1.165, 1.54) is 12.1 Å². The van der Waals surface area contributed by atoms with Crippen LogP contribution >= 0.6 is 24.0 Å². The first kappa shape index (κ1) is 23.4. The molecule has 0 aliphatic carbocycles. The first-order chi connectivity index (χ1) is 12.5. The van der Waals surface area contributed by atoms with Crippen molar-refractivity contribution in [3.63, 3.8) is 0 Å². The van der Waals surface area contributed by atoms with E-state index in [0.717, 1.165) is 17.7 Å². The van der Waals surface area contributed by atoms with Crippen LogP contribution < -0.4 is 15.8 Å². The summed E-state index contributed by atoms with van der Waals surface area (Å²) < 4.78 is 32.9. The standard InChI is InChI=1S/C17H24N4O4S.HI/c1-24-12-10-20-17(19-9-8-15-3-2-11-25-15)21-13-14-4-6-16(7-5-14)26(18,22)23;/h2-7,11H,8-10,12-13H2,1H3,(H2,18,22,23)(H2,19,20,21);1H. The first-order valence-corrected chi connectivity index (χ1v) is 9.69. The highest BCUT2D eigenvalue weighted by molar-refractivity contribution is 14.0. The molecule has 1 aromatic heterocycles. The highest BCUT2D eigenvalue weighted by Gasteiger charge is 2.06. The smallest absolute Gasteiger partial charge is 0.238 e. The molecule has 2 aromatic rings. The van der Waals surface area contributed by atoms with Crippen molar-refractivity contribution in [1.29, 1.82) is 0 Å². The molecule has 0 saturated carbocycles. The van der Waals surface area contributed by atoms with Crippen LogP contribution in [0.3, 0.4) is 0 Å². The number of furan rings is 1. The van der Waals surface area contributed by atoms with Gasteiger partial charge in [0, 0.05) is 26.6 Å². The molecular weight excluding hydrogens is 483 g/mol. The molecule has 150 valence electrons. The number of rotatable bonds is 9. The van der Waals surface area contributed by atoms with Crippen LogP contribution in [-0.2, 0) is 27.7 Å². The Balaban J connectivity index is 0.00000364. The molecule has 0 radical (unpaired) electrons. The predicted molar refractivity (Wildman–Crippen MR) is 115 cm³/mol. The molecule has 0 fully saturated rings. The Morgan fingerprint density at radius 3 is 2.48 bits per heavy atom. The van der Waals surface area contributed by atoms with Gasteiger partial charge in [0.1, 0.15) is 5.76 Å². The third kappa shape index (κ3) is 8.73. The van der Waals surface area contributed by atoms with Gasteiger partial charge < -0.3 is 19.8 Å². The average Bonchev–Trinajstić information content (AvgIpc) is 3.12. The maximum absolute atomic E-state index is 11.3. The van der Waals surface area contributed by atoms with Crippen molar-refractivity contribution < 1.29 is 17.6 Å². The van der Waals surface area contributed by atoms with Crippen molar-refractivity contribution in [1.82, 2.24) is 10.6 Å². The molecule has 0 saturated heterocycles. The zero-order valence-corrected chi connectivity index (χ0v) is 18.2. The third-order valence-electron chi connectivity index (χ3n) is 3.51. The van der Waals surface area contributed by atoms with Gasteiger partial charge >= 0.3 is 0 Å². The molecule has 2 rings (SSSR count). The van der Waals surface area contributed by atoms with Crippen molar-refractivity contribution in [2.45, 2.75) is 17.9 Å². The van der Waals surface area contributed by atoms with Gasteiger partial charge in [-0.15, -0.1) is 24.0 Å². The topological polar surface area (TPSA) is 119 Å². The molecule has 0 spiro atoms. The molecular formula is C17H25IN4O4S. The number of guanidine groups is 1. The van der Waals surface area contributed by atoms with E-state index in [0.29, 0.717) is 32.2 Å². The molecule has 0 aliphatic rings. The molecule has 4 N–H and O–H groups in total. The minimum absolute atomic E-state index is 0. The van der Waals surface area contributed by atoms with Crippen LogP contribution in [0.15, 0.2) is 57.0 Å². The van der Waals surface area contributed by atoms with Gasteiger partial charge in [-0.1, -0.05) is 12.1 Å². The Kier molecular flexibility index (Phi) is 10.4. The van der Waals surface area contributed by atoms with Gasteiger partial charge in [-0.25, -0.2) is 18.5 Å². The lowest BCUT2D eigenvalue weighted by Gasteiger charge is -2.12. The second-order valence-electron chi connectivity index (χ2n) is 5.53. The minimum atomic E-state index is -3.68. The highest BCUT2D eigenvalue weighted by atomic mass is 127. The van der Waals surface area contributed by atoms with Crippen LogP contribution in [0, 0.1) is 0 Å². The lowest BCUT2D eigenvalue weighted by Crippen LogP contribution is -2.40. The summed E-state index contributed by atoms with van der Waals surface area (Å²) in [5.41, 5.74) is 0.872. The maximum Gasteiger partial charge on any atom is 0.238 e. The number of halogens is 1. The molecule has 27 heavy (non-hydrogen) atoms. The molecule has 1 aromatic carbocycles. The SMILES string of the molecule is COCCNC(=NCc1ccc(S(N)(=O)=O)cc1)NCCc1ccco1.I. The predicted octanol–water partition coefficient (Wildman–Crippen LogP) is 1.47. The molecule has 10 heteroatoms. The van der Waals surface area contributed by atoms with E-state index in [1.54, 1.807) is 25.5 Å². The number of hydrogen-bond acceptors (Lipinski definition) is 5. The summed E-state index contributed by atoms with van der Waals surface area (Å²) in [5.74, 6) is 1.54. The number of nitrogens with zero attached hydrogens (tertiary/aromatic N) is 1. The Hall–Kier alpha value is -1.63. The van der Waals surface area contributed by atoms with E-state index < -0.39 is 10.0 Å². The van der Waals surface area contributed by atoms with Crippen molar-refractivity contribution in [2.24, 2.45) is 10.1 Å². The number of primary sulfonamides is 1. The zero-order chi connectivity index (χ0) is 18.8. The van der Waals surface area contributed by atoms with Crippen LogP contribution in [0.2, 0.25) is 0 Å². The zero-order valence-electron chi connectivity index (χ0n) is 15.1. The van der Waals surface area contributed by atoms with Crippen LogP contribution in [0.5, 0.6) is 0 Å². The minimum Gasteiger partial charge on any atom is -0.469 e. The number of nitrogens with one attached hydrogen (secondary N) is 2. The molecule has 0 aliphatic heterocycles. The number of methoxy groups -OCH3 is 1. The quantitative estimate of drug-likeness (QED) is 0.204. The fraction of sp³-hybridized carbons (Fsp3) is 0.353. The second-order valence-corrected chi connectivity index (χ2v) is 7.09. The summed E-state index contributed by atoms with van der Waals surface area (Å²) in [6, 6.07) is 10.1. The van der Waals surface area contributed by atoms with Gasteiger partial charge in [-0.3, -0.25) is 0 Å². The van der Waals surface area contributed by atoms with Gasteiger partial charge in [0.05, 0.1) is 24.3 Å². The van der Waals surface area contributed by atoms with Crippen molar-refractivity contribution >= 4 is 40.0 Å². The average molecular weight is 508 g/mol. The van der Waals surface area contributed by atoms with Crippen LogP contribution in [0.1, 0.15) is 11.3 Å². The van der Waals surface area contributed by atoms with Gasteiger partial charge in [-0.2, -0.15) is 0 Å². The van der Waals surface area contributed by atoms with Crippen LogP contribution in [0.4, 0.5) is 0 Å². The van der Waals surface area contributed by atoms with E-state index in [-0.39, 0.29) is 28.9 Å². The van der Waals surface area contributed by atoms with Crippen molar-refractivity contribution in [3.8, 4) is 0 Å². The summed E-state index contributed by atoms with van der Waals surface area (Å²) >= 11 is 0. The third-order valence-corrected chi connectivity index (χ3v) is 4.44. The number of benzene rings is 1. The van der Waals surface area contributed by atoms with Gasteiger partial charge in [-0.05, 0) is 29.8 Å². The second kappa shape index (κ2) is 12.0. The first-order valence-electron chi connectivity index (χ1n) is 8.14. The van der Waals surface area contributed by atoms with Gasteiger partial charge in [0.25, 0.3) is 0 Å². The number of nitrogens with two attached hydrogens (primary N) is 1. The Morgan fingerprint density at radius 2 is 1.89 bits per heavy atom. The number of hydrogen-bond donors (Lipinski definition) is 3. The molecule has 0 atom stereocenters. The summed E-state index contributed by atoms with van der Waals surface area (Å²) in [6.45, 7) is 2.24. The Bertz CT molecular complexity index is 793. The van der Waals surface area contributed by atoms with Crippen molar-refractivity contribution in [3.05, 3.63) is 54.0 Å². The Morgan fingerprint density at radius 1 is 1.19 bits per heavy atom. The summed E-state index contributed by atoms with van der Waals surface area (Å²) in [5, 5.41) is 11.5. The monoisotopic (exact) mass is 508 g/mol. The van der Waals surface area contributed by atoms with Gasteiger partial charge in [0.15, 0.2) is 5.96 Å². The molecule has 8 nitrogen and oxygen atoms in total. The molecule has 1 heterocycles. The summed E-state index contributed by atoms with van der Waals surface area (Å²) in [6.07, 6.45) is 2.38. The number of sulfonamides is 1. The lowest BCUT2D eigenvalue weighted by atomic mass is 10.2. The normalized spacial score (nSPS) is 11.7. The molecule has 0 amide bonds. The maximum atomic E-state index is 11.3. The van der Waals surface area contributed by atoms with Crippen LogP contribution in [-0.4, -0.2) is 41.2 Å². The number of aliphatic imine (C=N–C) groups is 1. The highest BCUT2D eigenvalue weighted by Crippen LogP contribution is 2.09. The fourth-order valence-electron chi connectivity index (χ4n) is 2.16. The van der Waals surface area contributed by atoms with Crippen molar-refractivity contribution in [2.75, 3.05) is 26.8 Å².